The second-order valence-electron chi connectivity index (χ2n) is 4.64. The highest BCUT2D eigenvalue weighted by atomic mass is 16.3. The number of hydrogen-bond donors (Lipinski definition) is 2. The third-order valence-corrected chi connectivity index (χ3v) is 3.15. The monoisotopic (exact) mass is 270 g/mol. The zero-order chi connectivity index (χ0) is 14.3. The molecule has 0 saturated carbocycles. The predicted octanol–water partition coefficient (Wildman–Crippen LogP) is 1.66. The molecule has 2 N–H and O–H groups in total. The molecule has 2 heterocycles. The number of rotatable bonds is 2. The number of nitrogens with zero attached hydrogens (tertiary/aromatic N) is 3. The number of benzene rings is 1. The zero-order valence-corrected chi connectivity index (χ0v) is 11.2. The minimum Gasteiger partial charge on any atom is -0.493 e. The number of H-pyrrole nitrogens is 1. The SMILES string of the molecule is CCc1nc2[nH]c(=O)c(-c3cccc(C)c3)c(O)n2n1. The summed E-state index contributed by atoms with van der Waals surface area (Å²) < 4.78 is 1.26. The third-order valence-electron chi connectivity index (χ3n) is 3.15. The molecule has 0 atom stereocenters. The Kier molecular flexibility index (Phi) is 2.78. The topological polar surface area (TPSA) is 83.3 Å². The summed E-state index contributed by atoms with van der Waals surface area (Å²) in [7, 11) is 0. The van der Waals surface area contributed by atoms with Gasteiger partial charge < -0.3 is 5.11 Å². The van der Waals surface area contributed by atoms with E-state index in [1.54, 1.807) is 6.07 Å². The van der Waals surface area contributed by atoms with Crippen molar-refractivity contribution in [2.75, 3.05) is 0 Å². The van der Waals surface area contributed by atoms with Gasteiger partial charge in [-0.2, -0.15) is 9.50 Å². The van der Waals surface area contributed by atoms with Crippen LogP contribution in [0.15, 0.2) is 29.1 Å². The van der Waals surface area contributed by atoms with Gasteiger partial charge in [0.1, 0.15) is 5.56 Å². The molecule has 0 aliphatic carbocycles. The quantitative estimate of drug-likeness (QED) is 0.741. The largest absolute Gasteiger partial charge is 0.493 e. The highest BCUT2D eigenvalue weighted by molar-refractivity contribution is 5.69. The van der Waals surface area contributed by atoms with Crippen molar-refractivity contribution in [2.24, 2.45) is 0 Å². The molecular weight excluding hydrogens is 256 g/mol. The first kappa shape index (κ1) is 12.4. The van der Waals surface area contributed by atoms with Gasteiger partial charge in [0.05, 0.1) is 0 Å². The van der Waals surface area contributed by atoms with Gasteiger partial charge >= 0.3 is 0 Å². The molecule has 102 valence electrons. The maximum atomic E-state index is 12.2. The van der Waals surface area contributed by atoms with E-state index in [0.29, 0.717) is 17.8 Å². The van der Waals surface area contributed by atoms with Crippen molar-refractivity contribution in [3.8, 4) is 17.0 Å². The van der Waals surface area contributed by atoms with Crippen molar-refractivity contribution in [2.45, 2.75) is 20.3 Å². The summed E-state index contributed by atoms with van der Waals surface area (Å²) in [4.78, 5) is 19.0. The van der Waals surface area contributed by atoms with Crippen LogP contribution in [0.25, 0.3) is 16.9 Å². The maximum Gasteiger partial charge on any atom is 0.264 e. The fraction of sp³-hybridized carbons (Fsp3) is 0.214. The Labute approximate surface area is 114 Å². The Bertz CT molecular complexity index is 848. The van der Waals surface area contributed by atoms with Crippen LogP contribution in [0.4, 0.5) is 0 Å². The average Bonchev–Trinajstić information content (AvgIpc) is 2.82. The molecule has 0 saturated heterocycles. The summed E-state index contributed by atoms with van der Waals surface area (Å²) in [6.45, 7) is 3.84. The average molecular weight is 270 g/mol. The molecule has 0 bridgehead atoms. The molecule has 6 heteroatoms. The molecule has 0 aliphatic heterocycles. The fourth-order valence-electron chi connectivity index (χ4n) is 2.17. The number of aryl methyl sites for hydroxylation is 2. The maximum absolute atomic E-state index is 12.2. The Balaban J connectivity index is 2.33. The van der Waals surface area contributed by atoms with Gasteiger partial charge in [-0.15, -0.1) is 5.10 Å². The highest BCUT2D eigenvalue weighted by Gasteiger charge is 2.16. The van der Waals surface area contributed by atoms with Crippen LogP contribution in [0.3, 0.4) is 0 Å². The Morgan fingerprint density at radius 3 is 2.90 bits per heavy atom. The number of aromatic hydroxyl groups is 1. The zero-order valence-electron chi connectivity index (χ0n) is 11.2. The van der Waals surface area contributed by atoms with E-state index in [1.165, 1.54) is 4.52 Å². The molecule has 3 rings (SSSR count). The van der Waals surface area contributed by atoms with Gasteiger partial charge in [-0.1, -0.05) is 36.8 Å². The summed E-state index contributed by atoms with van der Waals surface area (Å²) in [5.74, 6) is 0.625. The Hall–Kier alpha value is -2.63. The molecule has 1 aromatic carbocycles. The minimum absolute atomic E-state index is 0.193. The van der Waals surface area contributed by atoms with Gasteiger partial charge in [0, 0.05) is 6.42 Å². The molecule has 2 aromatic heterocycles. The normalized spacial score (nSPS) is 11.1. The predicted molar refractivity (Wildman–Crippen MR) is 74.8 cm³/mol. The molecule has 0 fully saturated rings. The first-order valence-corrected chi connectivity index (χ1v) is 6.38. The molecule has 0 amide bonds. The second-order valence-corrected chi connectivity index (χ2v) is 4.64. The summed E-state index contributed by atoms with van der Waals surface area (Å²) in [6, 6.07) is 7.39. The van der Waals surface area contributed by atoms with Gasteiger partial charge in [0.2, 0.25) is 11.7 Å². The van der Waals surface area contributed by atoms with Gasteiger partial charge in [-0.05, 0) is 12.5 Å². The van der Waals surface area contributed by atoms with Crippen molar-refractivity contribution in [3.05, 3.63) is 46.0 Å². The number of fused-ring (bicyclic) bond motifs is 1. The van der Waals surface area contributed by atoms with E-state index in [2.05, 4.69) is 15.1 Å². The van der Waals surface area contributed by atoms with Crippen LogP contribution in [0.1, 0.15) is 18.3 Å². The van der Waals surface area contributed by atoms with Crippen molar-refractivity contribution in [3.63, 3.8) is 0 Å². The first-order valence-electron chi connectivity index (χ1n) is 6.38. The number of nitrogens with one attached hydrogen (secondary N) is 1. The summed E-state index contributed by atoms with van der Waals surface area (Å²) in [5.41, 5.74) is 1.48. The molecule has 20 heavy (non-hydrogen) atoms. The highest BCUT2D eigenvalue weighted by Crippen LogP contribution is 2.25. The van der Waals surface area contributed by atoms with Gasteiger partial charge in [-0.3, -0.25) is 9.78 Å². The van der Waals surface area contributed by atoms with Crippen molar-refractivity contribution in [1.82, 2.24) is 19.6 Å². The number of aromatic amines is 1. The van der Waals surface area contributed by atoms with Crippen LogP contribution in [0, 0.1) is 6.92 Å². The number of hydrogen-bond acceptors (Lipinski definition) is 4. The Morgan fingerprint density at radius 1 is 1.40 bits per heavy atom. The van der Waals surface area contributed by atoms with E-state index in [1.807, 2.05) is 32.0 Å². The molecule has 0 aliphatic rings. The lowest BCUT2D eigenvalue weighted by Crippen LogP contribution is -2.12. The second kappa shape index (κ2) is 4.48. The molecule has 6 nitrogen and oxygen atoms in total. The van der Waals surface area contributed by atoms with Crippen LogP contribution in [-0.4, -0.2) is 24.7 Å². The molecule has 3 aromatic rings. The minimum atomic E-state index is -0.379. The van der Waals surface area contributed by atoms with E-state index >= 15 is 0 Å². The van der Waals surface area contributed by atoms with Gasteiger partial charge in [-0.25, -0.2) is 0 Å². The van der Waals surface area contributed by atoms with Crippen LogP contribution < -0.4 is 5.56 Å². The Morgan fingerprint density at radius 2 is 2.20 bits per heavy atom. The fourth-order valence-corrected chi connectivity index (χ4v) is 2.17. The van der Waals surface area contributed by atoms with E-state index in [4.69, 9.17) is 0 Å². The summed E-state index contributed by atoms with van der Waals surface area (Å²) >= 11 is 0. The van der Waals surface area contributed by atoms with Crippen LogP contribution >= 0.6 is 0 Å². The van der Waals surface area contributed by atoms with Crippen molar-refractivity contribution < 1.29 is 5.11 Å². The van der Waals surface area contributed by atoms with Crippen LogP contribution in [-0.2, 0) is 6.42 Å². The lowest BCUT2D eigenvalue weighted by atomic mass is 10.1. The van der Waals surface area contributed by atoms with E-state index in [-0.39, 0.29) is 22.8 Å². The van der Waals surface area contributed by atoms with E-state index in [9.17, 15) is 9.90 Å². The van der Waals surface area contributed by atoms with Crippen molar-refractivity contribution in [1.29, 1.82) is 0 Å². The first-order chi connectivity index (χ1) is 9.60. The lowest BCUT2D eigenvalue weighted by molar-refractivity contribution is 0.436. The molecule has 0 unspecified atom stereocenters. The summed E-state index contributed by atoms with van der Waals surface area (Å²) in [6.07, 6.45) is 0.628. The van der Waals surface area contributed by atoms with Crippen LogP contribution in [0.2, 0.25) is 0 Å². The van der Waals surface area contributed by atoms with E-state index < -0.39 is 0 Å². The van der Waals surface area contributed by atoms with Gasteiger partial charge in [0.15, 0.2) is 5.82 Å². The van der Waals surface area contributed by atoms with Gasteiger partial charge in [0.25, 0.3) is 5.56 Å². The standard InChI is InChI=1S/C14H14N4O2/c1-3-10-15-14-16-12(19)11(13(20)18(14)17-10)9-6-4-5-8(2)7-9/h4-7,20H,3H2,1-2H3,(H,15,16,17,19). The van der Waals surface area contributed by atoms with E-state index in [0.717, 1.165) is 5.56 Å². The molecule has 0 radical (unpaired) electrons. The third kappa shape index (κ3) is 1.85. The molecular formula is C14H14N4O2. The van der Waals surface area contributed by atoms with Crippen LogP contribution in [0.5, 0.6) is 5.88 Å². The number of aromatic nitrogens is 4. The van der Waals surface area contributed by atoms with Crippen molar-refractivity contribution >= 4 is 5.78 Å². The molecule has 0 spiro atoms. The smallest absolute Gasteiger partial charge is 0.264 e. The summed E-state index contributed by atoms with van der Waals surface area (Å²) in [5, 5.41) is 14.5. The lowest BCUT2D eigenvalue weighted by Gasteiger charge is -2.05.